The maximum absolute atomic E-state index is 13.0. The maximum Gasteiger partial charge on any atom is 0.285 e. The van der Waals surface area contributed by atoms with E-state index in [1.807, 2.05) is 42.5 Å². The van der Waals surface area contributed by atoms with Crippen molar-refractivity contribution in [3.8, 4) is 5.88 Å². The zero-order valence-electron chi connectivity index (χ0n) is 20.4. The minimum atomic E-state index is -0.453. The van der Waals surface area contributed by atoms with Crippen molar-refractivity contribution in [2.24, 2.45) is 5.92 Å². The first kappa shape index (κ1) is 23.3. The van der Waals surface area contributed by atoms with Gasteiger partial charge < -0.3 is 4.74 Å². The number of hydrogen-bond donors (Lipinski definition) is 0. The first-order chi connectivity index (χ1) is 18.2. The van der Waals surface area contributed by atoms with E-state index in [1.165, 1.54) is 6.42 Å². The van der Waals surface area contributed by atoms with E-state index in [9.17, 15) is 9.59 Å². The third-order valence-corrected chi connectivity index (χ3v) is 7.17. The average Bonchev–Trinajstić information content (AvgIpc) is 3.20. The Morgan fingerprint density at radius 2 is 1.57 bits per heavy atom. The molecule has 7 nitrogen and oxygen atoms in total. The van der Waals surface area contributed by atoms with E-state index in [0.29, 0.717) is 23.6 Å². The molecular weight excluding hydrogens is 466 g/mol. The number of ether oxygens (including phenoxy) is 1. The molecule has 6 rings (SSSR count). The second-order valence-electron chi connectivity index (χ2n) is 9.59. The van der Waals surface area contributed by atoms with Gasteiger partial charge in [0.1, 0.15) is 12.7 Å². The van der Waals surface area contributed by atoms with Crippen LogP contribution in [0.25, 0.3) is 10.9 Å². The number of rotatable bonds is 7. The monoisotopic (exact) mass is 493 g/mol. The molecule has 1 aliphatic carbocycles. The summed E-state index contributed by atoms with van der Waals surface area (Å²) in [5.41, 5.74) is 3.31. The fourth-order valence-electron chi connectivity index (χ4n) is 5.21. The van der Waals surface area contributed by atoms with Crippen molar-refractivity contribution in [3.05, 3.63) is 101 Å². The first-order valence-electron chi connectivity index (χ1n) is 12.8. The second kappa shape index (κ2) is 10.1. The van der Waals surface area contributed by atoms with Crippen LogP contribution in [0.15, 0.2) is 79.0 Å². The minimum Gasteiger partial charge on any atom is -0.471 e. The fourth-order valence-corrected chi connectivity index (χ4v) is 5.21. The van der Waals surface area contributed by atoms with Crippen LogP contribution in [0.1, 0.15) is 70.2 Å². The number of para-hydroxylation sites is 1. The van der Waals surface area contributed by atoms with Gasteiger partial charge in [-0.05, 0) is 49.1 Å². The summed E-state index contributed by atoms with van der Waals surface area (Å²) in [5, 5.41) is 2.01. The summed E-state index contributed by atoms with van der Waals surface area (Å²) in [6.07, 6.45) is 6.59. The smallest absolute Gasteiger partial charge is 0.285 e. The van der Waals surface area contributed by atoms with Crippen molar-refractivity contribution in [3.63, 3.8) is 0 Å². The van der Waals surface area contributed by atoms with Gasteiger partial charge in [-0.15, -0.1) is 5.06 Å². The van der Waals surface area contributed by atoms with Gasteiger partial charge in [-0.1, -0.05) is 55.7 Å². The van der Waals surface area contributed by atoms with E-state index in [2.05, 4.69) is 9.97 Å². The lowest BCUT2D eigenvalue weighted by Gasteiger charge is -2.32. The molecule has 1 saturated carbocycles. The molecule has 4 aromatic rings. The molecule has 0 spiro atoms. The maximum atomic E-state index is 13.0. The highest BCUT2D eigenvalue weighted by molar-refractivity contribution is 6.20. The number of pyridine rings is 2. The van der Waals surface area contributed by atoms with Crippen LogP contribution >= 0.6 is 0 Å². The van der Waals surface area contributed by atoms with Gasteiger partial charge in [0, 0.05) is 23.2 Å². The molecule has 1 aliphatic heterocycles. The molecule has 0 radical (unpaired) electrons. The third-order valence-electron chi connectivity index (χ3n) is 7.17. The Labute approximate surface area is 215 Å². The molecule has 1 unspecified atom stereocenters. The Balaban J connectivity index is 1.19. The van der Waals surface area contributed by atoms with Gasteiger partial charge >= 0.3 is 0 Å². The van der Waals surface area contributed by atoms with Gasteiger partial charge in [-0.2, -0.15) is 0 Å². The van der Waals surface area contributed by atoms with Gasteiger partial charge in [0.05, 0.1) is 22.3 Å². The van der Waals surface area contributed by atoms with E-state index in [0.717, 1.165) is 52.9 Å². The highest BCUT2D eigenvalue weighted by Gasteiger charge is 2.40. The van der Waals surface area contributed by atoms with Gasteiger partial charge in [-0.25, -0.2) is 9.97 Å². The summed E-state index contributed by atoms with van der Waals surface area (Å²) < 4.78 is 5.90. The highest BCUT2D eigenvalue weighted by atomic mass is 16.7. The van der Waals surface area contributed by atoms with E-state index in [4.69, 9.17) is 9.57 Å². The number of hydrogen-bond acceptors (Lipinski definition) is 6. The molecule has 2 aromatic heterocycles. The summed E-state index contributed by atoms with van der Waals surface area (Å²) in [7, 11) is 0. The standard InChI is InChI=1S/C30H27N3O4/c34-29-24-11-5-6-12-25(24)30(35)33(29)37-28(21-9-2-1-3-10-21)22-15-17-27(31-18-22)36-19-23-16-14-20-8-4-7-13-26(20)32-23/h4-8,11-18,21,28H,1-3,9-10,19H2. The van der Waals surface area contributed by atoms with Crippen LogP contribution in [0, 0.1) is 5.92 Å². The van der Waals surface area contributed by atoms with Crippen molar-refractivity contribution in [1.82, 2.24) is 15.0 Å². The molecule has 2 aliphatic rings. The van der Waals surface area contributed by atoms with Crippen molar-refractivity contribution >= 4 is 22.7 Å². The summed E-state index contributed by atoms with van der Waals surface area (Å²) in [4.78, 5) is 41.2. The number of benzene rings is 2. The molecule has 2 amide bonds. The number of amides is 2. The number of aromatic nitrogens is 2. The number of imide groups is 1. The molecule has 186 valence electrons. The molecule has 37 heavy (non-hydrogen) atoms. The number of hydroxylamine groups is 2. The van der Waals surface area contributed by atoms with Crippen LogP contribution in [-0.4, -0.2) is 26.8 Å². The van der Waals surface area contributed by atoms with E-state index < -0.39 is 17.9 Å². The molecule has 1 fully saturated rings. The van der Waals surface area contributed by atoms with Crippen molar-refractivity contribution in [2.75, 3.05) is 0 Å². The molecule has 0 bridgehead atoms. The SMILES string of the molecule is O=C1c2ccccc2C(=O)N1OC(c1ccc(OCc2ccc3ccccc3n2)nc1)C1CCCCC1. The van der Waals surface area contributed by atoms with Crippen molar-refractivity contribution < 1.29 is 19.2 Å². The zero-order chi connectivity index (χ0) is 25.2. The molecule has 2 aromatic carbocycles. The lowest BCUT2D eigenvalue weighted by atomic mass is 9.83. The first-order valence-corrected chi connectivity index (χ1v) is 12.8. The van der Waals surface area contributed by atoms with Gasteiger partial charge in [0.15, 0.2) is 0 Å². The van der Waals surface area contributed by atoms with Gasteiger partial charge in [-0.3, -0.25) is 14.4 Å². The molecule has 0 N–H and O–H groups in total. The molecule has 7 heteroatoms. The third kappa shape index (κ3) is 4.70. The second-order valence-corrected chi connectivity index (χ2v) is 9.59. The van der Waals surface area contributed by atoms with Crippen LogP contribution in [-0.2, 0) is 11.4 Å². The lowest BCUT2D eigenvalue weighted by molar-refractivity contribution is -0.156. The van der Waals surface area contributed by atoms with Crippen LogP contribution < -0.4 is 4.74 Å². The van der Waals surface area contributed by atoms with Gasteiger partial charge in [0.25, 0.3) is 11.8 Å². The number of carbonyl (C=O) groups is 2. The minimum absolute atomic E-state index is 0.188. The lowest BCUT2D eigenvalue weighted by Crippen LogP contribution is -2.34. The van der Waals surface area contributed by atoms with Crippen LogP contribution in [0.4, 0.5) is 0 Å². The number of nitrogens with zero attached hydrogens (tertiary/aromatic N) is 3. The largest absolute Gasteiger partial charge is 0.471 e. The van der Waals surface area contributed by atoms with E-state index in [1.54, 1.807) is 36.5 Å². The van der Waals surface area contributed by atoms with Crippen molar-refractivity contribution in [1.29, 1.82) is 0 Å². The highest BCUT2D eigenvalue weighted by Crippen LogP contribution is 2.39. The quantitative estimate of drug-likeness (QED) is 0.291. The van der Waals surface area contributed by atoms with E-state index in [-0.39, 0.29) is 5.92 Å². The Kier molecular flexibility index (Phi) is 6.37. The Hall–Kier alpha value is -4.10. The fraction of sp³-hybridized carbons (Fsp3) is 0.267. The van der Waals surface area contributed by atoms with E-state index >= 15 is 0 Å². The number of carbonyl (C=O) groups excluding carboxylic acids is 2. The topological polar surface area (TPSA) is 81.6 Å². The Morgan fingerprint density at radius 3 is 2.30 bits per heavy atom. The average molecular weight is 494 g/mol. The van der Waals surface area contributed by atoms with Crippen LogP contribution in [0.3, 0.4) is 0 Å². The van der Waals surface area contributed by atoms with Gasteiger partial charge in [0.2, 0.25) is 5.88 Å². The normalized spacial score (nSPS) is 16.7. The summed E-state index contributed by atoms with van der Waals surface area (Å²) in [6.45, 7) is 0.300. The molecule has 3 heterocycles. The molecule has 1 atom stereocenters. The molecule has 0 saturated heterocycles. The molecular formula is C30H27N3O4. The summed E-state index contributed by atoms with van der Waals surface area (Å²) in [5.74, 6) is -0.176. The van der Waals surface area contributed by atoms with Crippen LogP contribution in [0.5, 0.6) is 5.88 Å². The summed E-state index contributed by atoms with van der Waals surface area (Å²) in [6, 6.07) is 22.5. The Bertz CT molecular complexity index is 1410. The predicted molar refractivity (Wildman–Crippen MR) is 138 cm³/mol. The summed E-state index contributed by atoms with van der Waals surface area (Å²) >= 11 is 0. The van der Waals surface area contributed by atoms with Crippen LogP contribution in [0.2, 0.25) is 0 Å². The number of fused-ring (bicyclic) bond motifs is 2. The predicted octanol–water partition coefficient (Wildman–Crippen LogP) is 6.06. The Morgan fingerprint density at radius 1 is 0.838 bits per heavy atom. The zero-order valence-corrected chi connectivity index (χ0v) is 20.4. The van der Waals surface area contributed by atoms with Crippen molar-refractivity contribution in [2.45, 2.75) is 44.8 Å².